The second kappa shape index (κ2) is 10.3. The molecule has 2 rings (SSSR count). The first kappa shape index (κ1) is 24.2. The summed E-state index contributed by atoms with van der Waals surface area (Å²) in [4.78, 5) is 12.4. The van der Waals surface area contributed by atoms with Gasteiger partial charge in [0.05, 0.1) is 12.0 Å². The fourth-order valence-corrected chi connectivity index (χ4v) is 4.08. The molecular formula is C23H28N2O5S. The third-order valence-electron chi connectivity index (χ3n) is 3.82. The van der Waals surface area contributed by atoms with Crippen LogP contribution in [0.25, 0.3) is 6.08 Å². The molecule has 0 aliphatic heterocycles. The predicted molar refractivity (Wildman–Crippen MR) is 123 cm³/mol. The van der Waals surface area contributed by atoms with Crippen LogP contribution in [-0.4, -0.2) is 33.6 Å². The van der Waals surface area contributed by atoms with Gasteiger partial charge in [-0.1, -0.05) is 24.8 Å². The summed E-state index contributed by atoms with van der Waals surface area (Å²) in [5.74, 6) is 0.712. The van der Waals surface area contributed by atoms with Crippen LogP contribution in [0.2, 0.25) is 0 Å². The first-order chi connectivity index (χ1) is 14.5. The minimum Gasteiger partial charge on any atom is -0.493 e. The summed E-state index contributed by atoms with van der Waals surface area (Å²) >= 11 is 0. The van der Waals surface area contributed by atoms with E-state index in [0.717, 1.165) is 5.56 Å². The molecule has 0 saturated heterocycles. The quantitative estimate of drug-likeness (QED) is 0.451. The van der Waals surface area contributed by atoms with Crippen LogP contribution in [-0.2, 0) is 14.8 Å². The molecule has 0 aliphatic rings. The molecule has 31 heavy (non-hydrogen) atoms. The lowest BCUT2D eigenvalue weighted by molar-refractivity contribution is -0.111. The molecule has 0 bridgehead atoms. The lowest BCUT2D eigenvalue weighted by atomic mass is 10.1. The molecule has 0 atom stereocenters. The number of hydrogen-bond donors (Lipinski definition) is 2. The number of carbonyl (C=O) groups is 1. The second-order valence-electron chi connectivity index (χ2n) is 7.72. The average Bonchev–Trinajstić information content (AvgIpc) is 2.69. The Labute approximate surface area is 183 Å². The zero-order valence-corrected chi connectivity index (χ0v) is 19.0. The van der Waals surface area contributed by atoms with Crippen molar-refractivity contribution in [2.75, 3.05) is 19.0 Å². The highest BCUT2D eigenvalue weighted by molar-refractivity contribution is 7.89. The molecule has 8 heteroatoms. The van der Waals surface area contributed by atoms with Crippen LogP contribution in [0.4, 0.5) is 5.69 Å². The highest BCUT2D eigenvalue weighted by Gasteiger charge is 2.22. The SMILES string of the molecule is C=CCOc1ccc(/C=C/C(=O)Nc2cccc(S(=O)(=O)NC(C)(C)C)c2)cc1OC. The van der Waals surface area contributed by atoms with Crippen molar-refractivity contribution < 1.29 is 22.7 Å². The Morgan fingerprint density at radius 1 is 1.13 bits per heavy atom. The van der Waals surface area contributed by atoms with Crippen LogP contribution in [0.1, 0.15) is 26.3 Å². The number of sulfonamides is 1. The summed E-state index contributed by atoms with van der Waals surface area (Å²) in [5, 5.41) is 2.67. The third-order valence-corrected chi connectivity index (χ3v) is 5.58. The predicted octanol–water partition coefficient (Wildman–Crippen LogP) is 3.99. The number of anilines is 1. The molecule has 0 fully saturated rings. The maximum Gasteiger partial charge on any atom is 0.248 e. The lowest BCUT2D eigenvalue weighted by Crippen LogP contribution is -2.40. The number of methoxy groups -OCH3 is 1. The number of rotatable bonds is 9. The van der Waals surface area contributed by atoms with E-state index in [9.17, 15) is 13.2 Å². The molecule has 2 aromatic carbocycles. The van der Waals surface area contributed by atoms with Crippen LogP contribution >= 0.6 is 0 Å². The number of benzene rings is 2. The van der Waals surface area contributed by atoms with Crippen molar-refractivity contribution in [2.24, 2.45) is 0 Å². The molecule has 0 heterocycles. The standard InChI is InChI=1S/C23H28N2O5S/c1-6-14-30-20-12-10-17(15-21(20)29-5)11-13-22(26)24-18-8-7-9-19(16-18)31(27,28)25-23(2,3)4/h6-13,15-16,25H,1,14H2,2-5H3,(H,24,26)/b13-11+. The zero-order chi connectivity index (χ0) is 23.1. The highest BCUT2D eigenvalue weighted by atomic mass is 32.2. The summed E-state index contributed by atoms with van der Waals surface area (Å²) in [6.45, 7) is 9.24. The van der Waals surface area contributed by atoms with Gasteiger partial charge in [-0.05, 0) is 62.7 Å². The van der Waals surface area contributed by atoms with Gasteiger partial charge in [-0.3, -0.25) is 4.79 Å². The number of amides is 1. The number of nitrogens with one attached hydrogen (secondary N) is 2. The maximum absolute atomic E-state index is 12.5. The van der Waals surface area contributed by atoms with Crippen molar-refractivity contribution in [2.45, 2.75) is 31.2 Å². The molecule has 7 nitrogen and oxygen atoms in total. The Morgan fingerprint density at radius 2 is 1.87 bits per heavy atom. The molecule has 0 radical (unpaired) electrons. The number of hydrogen-bond acceptors (Lipinski definition) is 5. The molecule has 0 aliphatic carbocycles. The van der Waals surface area contributed by atoms with Gasteiger partial charge in [-0.2, -0.15) is 0 Å². The average molecular weight is 445 g/mol. The fraction of sp³-hybridized carbons (Fsp3) is 0.261. The monoisotopic (exact) mass is 444 g/mol. The summed E-state index contributed by atoms with van der Waals surface area (Å²) in [6.07, 6.45) is 4.61. The van der Waals surface area contributed by atoms with Crippen LogP contribution in [0.3, 0.4) is 0 Å². The van der Waals surface area contributed by atoms with Crippen LogP contribution in [0, 0.1) is 0 Å². The van der Waals surface area contributed by atoms with E-state index in [0.29, 0.717) is 23.8 Å². The van der Waals surface area contributed by atoms with Crippen LogP contribution in [0.15, 0.2) is 66.1 Å². The van der Waals surface area contributed by atoms with Crippen molar-refractivity contribution in [3.63, 3.8) is 0 Å². The molecule has 1 amide bonds. The van der Waals surface area contributed by atoms with Crippen molar-refractivity contribution in [3.05, 3.63) is 66.8 Å². The summed E-state index contributed by atoms with van der Waals surface area (Å²) in [5.41, 5.74) is 0.495. The van der Waals surface area contributed by atoms with E-state index in [1.165, 1.54) is 25.3 Å². The number of ether oxygens (including phenoxy) is 2. The van der Waals surface area contributed by atoms with Gasteiger partial charge in [0.25, 0.3) is 0 Å². The zero-order valence-electron chi connectivity index (χ0n) is 18.1. The van der Waals surface area contributed by atoms with Gasteiger partial charge in [-0.25, -0.2) is 13.1 Å². The minimum atomic E-state index is -3.70. The summed E-state index contributed by atoms with van der Waals surface area (Å²) in [6, 6.07) is 11.4. The maximum atomic E-state index is 12.5. The minimum absolute atomic E-state index is 0.0732. The third kappa shape index (κ3) is 7.58. The first-order valence-electron chi connectivity index (χ1n) is 9.59. The number of carbonyl (C=O) groups excluding carboxylic acids is 1. The van der Waals surface area contributed by atoms with Crippen LogP contribution < -0.4 is 19.5 Å². The molecule has 0 spiro atoms. The lowest BCUT2D eigenvalue weighted by Gasteiger charge is -2.20. The Balaban J connectivity index is 2.11. The largest absolute Gasteiger partial charge is 0.493 e. The van der Waals surface area contributed by atoms with E-state index >= 15 is 0 Å². The van der Waals surface area contributed by atoms with E-state index in [1.54, 1.807) is 63.3 Å². The van der Waals surface area contributed by atoms with E-state index in [-0.39, 0.29) is 4.90 Å². The Hall–Kier alpha value is -3.10. The van der Waals surface area contributed by atoms with E-state index in [2.05, 4.69) is 16.6 Å². The van der Waals surface area contributed by atoms with E-state index < -0.39 is 21.5 Å². The molecule has 0 saturated carbocycles. The van der Waals surface area contributed by atoms with Gasteiger partial charge in [0.15, 0.2) is 11.5 Å². The first-order valence-corrected chi connectivity index (χ1v) is 11.1. The highest BCUT2D eigenvalue weighted by Crippen LogP contribution is 2.28. The van der Waals surface area contributed by atoms with Gasteiger partial charge < -0.3 is 14.8 Å². The van der Waals surface area contributed by atoms with Crippen molar-refractivity contribution in [1.82, 2.24) is 4.72 Å². The molecule has 0 aromatic heterocycles. The van der Waals surface area contributed by atoms with E-state index in [1.807, 2.05) is 0 Å². The van der Waals surface area contributed by atoms with Crippen molar-refractivity contribution >= 4 is 27.7 Å². The summed E-state index contributed by atoms with van der Waals surface area (Å²) < 4.78 is 38.4. The Bertz CT molecular complexity index is 1070. The molecule has 0 unspecified atom stereocenters. The second-order valence-corrected chi connectivity index (χ2v) is 9.40. The Kier molecular flexibility index (Phi) is 8.01. The normalized spacial score (nSPS) is 11.9. The fourth-order valence-electron chi connectivity index (χ4n) is 2.61. The van der Waals surface area contributed by atoms with Crippen LogP contribution in [0.5, 0.6) is 11.5 Å². The van der Waals surface area contributed by atoms with Gasteiger partial charge >= 0.3 is 0 Å². The smallest absolute Gasteiger partial charge is 0.248 e. The molecular weight excluding hydrogens is 416 g/mol. The Morgan fingerprint density at radius 3 is 2.52 bits per heavy atom. The van der Waals surface area contributed by atoms with Gasteiger partial charge in [0.1, 0.15) is 6.61 Å². The van der Waals surface area contributed by atoms with Gasteiger partial charge in [0, 0.05) is 17.3 Å². The molecule has 2 N–H and O–H groups in total. The van der Waals surface area contributed by atoms with E-state index in [4.69, 9.17) is 9.47 Å². The van der Waals surface area contributed by atoms with Gasteiger partial charge in [0.2, 0.25) is 15.9 Å². The molecule has 2 aromatic rings. The topological polar surface area (TPSA) is 93.7 Å². The van der Waals surface area contributed by atoms with Crippen molar-refractivity contribution in [1.29, 1.82) is 0 Å². The molecule has 166 valence electrons. The summed E-state index contributed by atoms with van der Waals surface area (Å²) in [7, 11) is -2.17. The van der Waals surface area contributed by atoms with Crippen molar-refractivity contribution in [3.8, 4) is 11.5 Å². The van der Waals surface area contributed by atoms with Gasteiger partial charge in [-0.15, -0.1) is 0 Å².